The second-order valence-electron chi connectivity index (χ2n) is 11.5. The molecule has 2 N–H and O–H groups in total. The molecule has 0 unspecified atom stereocenters. The molecule has 0 saturated carbocycles. The molecule has 0 bridgehead atoms. The molecule has 4 nitrogen and oxygen atoms in total. The summed E-state index contributed by atoms with van der Waals surface area (Å²) in [5.41, 5.74) is 6.57. The Morgan fingerprint density at radius 2 is 1.32 bits per heavy atom. The first kappa shape index (κ1) is 20.9. The first-order valence-electron chi connectivity index (χ1n) is 11.9. The van der Waals surface area contributed by atoms with Crippen molar-refractivity contribution in [1.29, 1.82) is 0 Å². The molecule has 0 aliphatic carbocycles. The Labute approximate surface area is 199 Å². The zero-order valence-corrected chi connectivity index (χ0v) is 20.7. The number of nitrogens with one attached hydrogen (secondary N) is 2. The van der Waals surface area contributed by atoms with Crippen molar-refractivity contribution in [2.24, 2.45) is 0 Å². The second kappa shape index (κ2) is 6.92. The Morgan fingerprint density at radius 1 is 0.618 bits per heavy atom. The second-order valence-corrected chi connectivity index (χ2v) is 11.5. The van der Waals surface area contributed by atoms with Gasteiger partial charge in [-0.2, -0.15) is 0 Å². The third-order valence-corrected chi connectivity index (χ3v) is 6.68. The minimum Gasteiger partial charge on any atom is -0.342 e. The quantitative estimate of drug-likeness (QED) is 0.269. The van der Waals surface area contributed by atoms with Gasteiger partial charge in [0.15, 0.2) is 0 Å². The summed E-state index contributed by atoms with van der Waals surface area (Å²) in [4.78, 5) is 17.0. The fourth-order valence-electron chi connectivity index (χ4n) is 4.70. The lowest BCUT2D eigenvalue weighted by Gasteiger charge is -2.13. The number of imidazole rings is 2. The maximum atomic E-state index is 5.01. The summed E-state index contributed by atoms with van der Waals surface area (Å²) < 4.78 is 0. The summed E-state index contributed by atoms with van der Waals surface area (Å²) in [6, 6.07) is 22.0. The molecule has 2 aromatic heterocycles. The van der Waals surface area contributed by atoms with Gasteiger partial charge in [-0.05, 0) is 51.6 Å². The molecule has 6 aromatic rings. The van der Waals surface area contributed by atoms with Crippen LogP contribution in [0.4, 0.5) is 0 Å². The zero-order valence-electron chi connectivity index (χ0n) is 20.7. The predicted molar refractivity (Wildman–Crippen MR) is 144 cm³/mol. The number of rotatable bonds is 1. The summed E-state index contributed by atoms with van der Waals surface area (Å²) >= 11 is 0. The van der Waals surface area contributed by atoms with Crippen LogP contribution in [0.2, 0.25) is 0 Å². The topological polar surface area (TPSA) is 57.4 Å². The van der Waals surface area contributed by atoms with E-state index >= 15 is 0 Å². The molecule has 4 aromatic carbocycles. The molecule has 0 amide bonds. The minimum atomic E-state index is -0.0283. The average Bonchev–Trinajstić information content (AvgIpc) is 3.41. The van der Waals surface area contributed by atoms with Gasteiger partial charge in [-0.25, -0.2) is 9.97 Å². The number of H-pyrrole nitrogens is 2. The molecule has 0 aliphatic rings. The number of hydrogen-bond acceptors (Lipinski definition) is 2. The lowest BCUT2D eigenvalue weighted by Crippen LogP contribution is -2.12. The van der Waals surface area contributed by atoms with E-state index in [2.05, 4.69) is 112 Å². The van der Waals surface area contributed by atoms with Crippen LogP contribution in [-0.4, -0.2) is 19.9 Å². The molecule has 4 heteroatoms. The minimum absolute atomic E-state index is 0.0206. The zero-order chi connectivity index (χ0) is 23.8. The van der Waals surface area contributed by atoms with E-state index < -0.39 is 0 Å². The summed E-state index contributed by atoms with van der Waals surface area (Å²) in [6.45, 7) is 13.1. The molecule has 170 valence electrons. The largest absolute Gasteiger partial charge is 0.342 e. The van der Waals surface area contributed by atoms with Crippen molar-refractivity contribution in [1.82, 2.24) is 19.9 Å². The van der Waals surface area contributed by atoms with Crippen molar-refractivity contribution in [3.8, 4) is 11.1 Å². The van der Waals surface area contributed by atoms with Gasteiger partial charge in [0.2, 0.25) is 0 Å². The van der Waals surface area contributed by atoms with E-state index in [9.17, 15) is 0 Å². The lowest BCUT2D eigenvalue weighted by molar-refractivity contribution is 0.554. The van der Waals surface area contributed by atoms with E-state index in [1.165, 1.54) is 32.7 Å². The molecular weight excluding hydrogens is 416 g/mol. The van der Waals surface area contributed by atoms with Crippen molar-refractivity contribution < 1.29 is 0 Å². The van der Waals surface area contributed by atoms with E-state index in [-0.39, 0.29) is 10.8 Å². The lowest BCUT2D eigenvalue weighted by atomic mass is 9.95. The van der Waals surface area contributed by atoms with Crippen molar-refractivity contribution in [3.05, 3.63) is 72.3 Å². The molecule has 0 spiro atoms. The van der Waals surface area contributed by atoms with E-state index in [1.54, 1.807) is 0 Å². The third kappa shape index (κ3) is 3.28. The third-order valence-electron chi connectivity index (χ3n) is 6.68. The molecule has 6 rings (SSSR count). The summed E-state index contributed by atoms with van der Waals surface area (Å²) in [7, 11) is 0. The van der Waals surface area contributed by atoms with E-state index in [0.29, 0.717) is 0 Å². The average molecular weight is 447 g/mol. The number of nitrogens with zero attached hydrogens (tertiary/aromatic N) is 2. The van der Waals surface area contributed by atoms with Crippen LogP contribution in [0.3, 0.4) is 0 Å². The van der Waals surface area contributed by atoms with Crippen LogP contribution in [-0.2, 0) is 10.8 Å². The molecule has 0 aliphatic heterocycles. The Morgan fingerprint density at radius 3 is 2.09 bits per heavy atom. The summed E-state index contributed by atoms with van der Waals surface area (Å²) in [5.74, 6) is 2.03. The highest BCUT2D eigenvalue weighted by molar-refractivity contribution is 6.08. The normalized spacial score (nSPS) is 13.0. The highest BCUT2D eigenvalue weighted by Gasteiger charge is 2.20. The molecule has 0 saturated heterocycles. The van der Waals surface area contributed by atoms with Crippen molar-refractivity contribution in [2.45, 2.75) is 52.4 Å². The standard InChI is InChI=1S/C30H30N4/c1-29(2,3)27-32-24-15-18-8-7-9-20(21(18)16-25(24)33-27)19-11-10-17-12-13-23-26(22(17)14-19)34-28(31-23)30(4,5)6/h7-16H,1-6H3,(H,31,34)(H,32,33). The van der Waals surface area contributed by atoms with E-state index in [0.717, 1.165) is 33.7 Å². The first-order chi connectivity index (χ1) is 16.1. The van der Waals surface area contributed by atoms with Crippen LogP contribution in [0.15, 0.2) is 60.7 Å². The first-order valence-corrected chi connectivity index (χ1v) is 11.9. The van der Waals surface area contributed by atoms with Crippen LogP contribution >= 0.6 is 0 Å². The van der Waals surface area contributed by atoms with Gasteiger partial charge in [0.05, 0.1) is 22.1 Å². The predicted octanol–water partition coefficient (Wildman–Crippen LogP) is 8.01. The summed E-state index contributed by atoms with van der Waals surface area (Å²) in [6.07, 6.45) is 0. The van der Waals surface area contributed by atoms with Crippen LogP contribution < -0.4 is 0 Å². The maximum absolute atomic E-state index is 5.01. The van der Waals surface area contributed by atoms with Gasteiger partial charge >= 0.3 is 0 Å². The molecule has 0 atom stereocenters. The smallest absolute Gasteiger partial charge is 0.112 e. The summed E-state index contributed by atoms with van der Waals surface area (Å²) in [5, 5.41) is 4.80. The molecular formula is C30H30N4. The fraction of sp³-hybridized carbons (Fsp3) is 0.267. The molecule has 2 heterocycles. The van der Waals surface area contributed by atoms with Crippen molar-refractivity contribution >= 4 is 43.6 Å². The van der Waals surface area contributed by atoms with Gasteiger partial charge in [-0.3, -0.25) is 0 Å². The SMILES string of the molecule is CC(C)(C)c1nc2cc3c(-c4ccc5ccc6[nH]c(C(C)(C)C)nc6c5c4)cccc3cc2[nH]1. The monoisotopic (exact) mass is 446 g/mol. The number of aromatic amines is 2. The highest BCUT2D eigenvalue weighted by atomic mass is 14.9. The van der Waals surface area contributed by atoms with Gasteiger partial charge in [0, 0.05) is 16.2 Å². The fourth-order valence-corrected chi connectivity index (χ4v) is 4.70. The number of aromatic nitrogens is 4. The number of fused-ring (bicyclic) bond motifs is 5. The van der Waals surface area contributed by atoms with Crippen molar-refractivity contribution in [3.63, 3.8) is 0 Å². The highest BCUT2D eigenvalue weighted by Crippen LogP contribution is 2.35. The maximum Gasteiger partial charge on any atom is 0.112 e. The molecule has 34 heavy (non-hydrogen) atoms. The molecule has 0 fully saturated rings. The Bertz CT molecular complexity index is 1720. The van der Waals surface area contributed by atoms with Gasteiger partial charge in [-0.1, -0.05) is 77.9 Å². The molecule has 0 radical (unpaired) electrons. The Hall–Kier alpha value is -3.66. The Balaban J connectivity index is 1.58. The van der Waals surface area contributed by atoms with Crippen LogP contribution in [0.1, 0.15) is 53.2 Å². The van der Waals surface area contributed by atoms with Gasteiger partial charge in [-0.15, -0.1) is 0 Å². The van der Waals surface area contributed by atoms with Gasteiger partial charge in [0.25, 0.3) is 0 Å². The van der Waals surface area contributed by atoms with E-state index in [4.69, 9.17) is 9.97 Å². The Kier molecular flexibility index (Phi) is 4.26. The number of hydrogen-bond donors (Lipinski definition) is 2. The van der Waals surface area contributed by atoms with Crippen LogP contribution in [0.5, 0.6) is 0 Å². The van der Waals surface area contributed by atoms with Gasteiger partial charge < -0.3 is 9.97 Å². The van der Waals surface area contributed by atoms with Crippen LogP contribution in [0, 0.1) is 0 Å². The van der Waals surface area contributed by atoms with Gasteiger partial charge in [0.1, 0.15) is 11.6 Å². The van der Waals surface area contributed by atoms with Crippen molar-refractivity contribution in [2.75, 3.05) is 0 Å². The van der Waals surface area contributed by atoms with Crippen LogP contribution in [0.25, 0.3) is 54.7 Å². The number of benzene rings is 4. The van der Waals surface area contributed by atoms with E-state index in [1.807, 2.05) is 0 Å².